The van der Waals surface area contributed by atoms with Gasteiger partial charge in [0.2, 0.25) is 0 Å². The van der Waals surface area contributed by atoms with Crippen molar-refractivity contribution in [3.05, 3.63) is 60.2 Å². The lowest BCUT2D eigenvalue weighted by molar-refractivity contribution is -0.130. The van der Waals surface area contributed by atoms with Crippen molar-refractivity contribution in [3.8, 4) is 5.75 Å². The zero-order chi connectivity index (χ0) is 18.1. The molecule has 0 aliphatic heterocycles. The van der Waals surface area contributed by atoms with E-state index in [0.29, 0.717) is 18.0 Å². The second-order valence-electron chi connectivity index (χ2n) is 5.72. The Morgan fingerprint density at radius 3 is 2.52 bits per heavy atom. The molecule has 3 amide bonds. The summed E-state index contributed by atoms with van der Waals surface area (Å²) in [6.45, 7) is 0.503. The molecule has 0 bridgehead atoms. The fourth-order valence-electron chi connectivity index (χ4n) is 2.08. The Morgan fingerprint density at radius 2 is 1.80 bits per heavy atom. The van der Waals surface area contributed by atoms with Crippen molar-refractivity contribution in [2.24, 2.45) is 0 Å². The van der Waals surface area contributed by atoms with Crippen LogP contribution in [0.2, 0.25) is 0 Å². The predicted molar refractivity (Wildman–Crippen MR) is 97.8 cm³/mol. The van der Waals surface area contributed by atoms with Gasteiger partial charge in [-0.1, -0.05) is 36.4 Å². The van der Waals surface area contributed by atoms with Gasteiger partial charge in [-0.3, -0.25) is 4.79 Å². The van der Waals surface area contributed by atoms with E-state index in [-0.39, 0.29) is 18.5 Å². The maximum atomic E-state index is 11.9. The molecule has 132 valence electrons. The summed E-state index contributed by atoms with van der Waals surface area (Å²) in [7, 11) is 3.34. The Hall–Kier alpha value is -3.02. The first-order valence-corrected chi connectivity index (χ1v) is 8.06. The van der Waals surface area contributed by atoms with Crippen LogP contribution in [0.4, 0.5) is 10.5 Å². The highest BCUT2D eigenvalue weighted by Crippen LogP contribution is 2.17. The van der Waals surface area contributed by atoms with Crippen molar-refractivity contribution in [3.63, 3.8) is 0 Å². The van der Waals surface area contributed by atoms with Crippen molar-refractivity contribution >= 4 is 17.6 Å². The van der Waals surface area contributed by atoms with Crippen LogP contribution in [0.15, 0.2) is 54.6 Å². The average molecular weight is 341 g/mol. The molecule has 2 aromatic rings. The highest BCUT2D eigenvalue weighted by Gasteiger charge is 2.06. The molecule has 0 aliphatic carbocycles. The molecular weight excluding hydrogens is 318 g/mol. The van der Waals surface area contributed by atoms with E-state index < -0.39 is 0 Å². The van der Waals surface area contributed by atoms with Crippen molar-refractivity contribution in [2.75, 3.05) is 32.6 Å². The van der Waals surface area contributed by atoms with E-state index in [1.54, 1.807) is 38.4 Å². The van der Waals surface area contributed by atoms with E-state index in [1.165, 1.54) is 10.5 Å². The minimum absolute atomic E-state index is 0.0419. The second kappa shape index (κ2) is 9.32. The number of likely N-dealkylation sites (N-methyl/N-ethyl adjacent to an activating group) is 1. The minimum atomic E-state index is -0.280. The maximum absolute atomic E-state index is 11.9. The van der Waals surface area contributed by atoms with Crippen LogP contribution in [0, 0.1) is 0 Å². The number of nitrogens with zero attached hydrogens (tertiary/aromatic N) is 1. The molecule has 25 heavy (non-hydrogen) atoms. The molecule has 2 rings (SSSR count). The lowest BCUT2D eigenvalue weighted by atomic mass is 10.1. The van der Waals surface area contributed by atoms with Gasteiger partial charge >= 0.3 is 6.03 Å². The molecule has 0 saturated carbocycles. The molecule has 0 atom stereocenters. The van der Waals surface area contributed by atoms with Crippen molar-refractivity contribution in [1.82, 2.24) is 10.2 Å². The van der Waals surface area contributed by atoms with E-state index >= 15 is 0 Å². The van der Waals surface area contributed by atoms with Gasteiger partial charge in [-0.05, 0) is 24.1 Å². The normalized spacial score (nSPS) is 10.0. The van der Waals surface area contributed by atoms with Gasteiger partial charge in [-0.2, -0.15) is 0 Å². The molecule has 2 aromatic carbocycles. The van der Waals surface area contributed by atoms with Gasteiger partial charge in [0.25, 0.3) is 5.91 Å². The Kier molecular flexibility index (Phi) is 6.83. The highest BCUT2D eigenvalue weighted by atomic mass is 16.5. The predicted octanol–water partition coefficient (Wildman–Crippen LogP) is 2.52. The zero-order valence-corrected chi connectivity index (χ0v) is 14.5. The summed E-state index contributed by atoms with van der Waals surface area (Å²) in [6.07, 6.45) is 0.768. The van der Waals surface area contributed by atoms with Crippen molar-refractivity contribution in [2.45, 2.75) is 6.42 Å². The van der Waals surface area contributed by atoms with E-state index in [9.17, 15) is 9.59 Å². The van der Waals surface area contributed by atoms with Crippen LogP contribution in [0.25, 0.3) is 0 Å². The molecule has 0 fully saturated rings. The molecule has 0 radical (unpaired) electrons. The number of hydrogen-bond acceptors (Lipinski definition) is 3. The van der Waals surface area contributed by atoms with Gasteiger partial charge < -0.3 is 20.3 Å². The largest absolute Gasteiger partial charge is 0.484 e. The van der Waals surface area contributed by atoms with Gasteiger partial charge in [0.05, 0.1) is 0 Å². The SMILES string of the molecule is CN(C)C(=O)COc1cccc(NC(=O)NCCc2ccccc2)c1. The topological polar surface area (TPSA) is 70.7 Å². The Morgan fingerprint density at radius 1 is 1.04 bits per heavy atom. The molecular formula is C19H23N3O3. The van der Waals surface area contributed by atoms with Crippen LogP contribution in [0.5, 0.6) is 5.75 Å². The number of ether oxygens (including phenoxy) is 1. The smallest absolute Gasteiger partial charge is 0.319 e. The van der Waals surface area contributed by atoms with E-state index in [1.807, 2.05) is 30.3 Å². The molecule has 2 N–H and O–H groups in total. The van der Waals surface area contributed by atoms with Gasteiger partial charge in [0, 0.05) is 32.4 Å². The molecule has 0 saturated heterocycles. The molecule has 0 unspecified atom stereocenters. The summed E-state index contributed by atoms with van der Waals surface area (Å²) in [4.78, 5) is 24.9. The Balaban J connectivity index is 1.78. The number of amides is 3. The number of urea groups is 1. The van der Waals surface area contributed by atoms with Crippen LogP contribution in [0.3, 0.4) is 0 Å². The summed E-state index contributed by atoms with van der Waals surface area (Å²) >= 11 is 0. The lowest BCUT2D eigenvalue weighted by Crippen LogP contribution is -2.30. The minimum Gasteiger partial charge on any atom is -0.484 e. The zero-order valence-electron chi connectivity index (χ0n) is 14.5. The summed E-state index contributed by atoms with van der Waals surface area (Å²) < 4.78 is 5.43. The third kappa shape index (κ3) is 6.55. The third-order valence-electron chi connectivity index (χ3n) is 3.50. The first kappa shape index (κ1) is 18.3. The number of carbonyl (C=O) groups is 2. The lowest BCUT2D eigenvalue weighted by Gasteiger charge is -2.12. The first-order chi connectivity index (χ1) is 12.0. The van der Waals surface area contributed by atoms with Gasteiger partial charge in [-0.15, -0.1) is 0 Å². The molecule has 6 heteroatoms. The summed E-state index contributed by atoms with van der Waals surface area (Å²) in [6, 6.07) is 16.6. The number of hydrogen-bond donors (Lipinski definition) is 2. The summed E-state index contributed by atoms with van der Waals surface area (Å²) in [5.74, 6) is 0.398. The van der Waals surface area contributed by atoms with Crippen LogP contribution in [-0.4, -0.2) is 44.1 Å². The van der Waals surface area contributed by atoms with Gasteiger partial charge in [0.15, 0.2) is 6.61 Å². The number of carbonyl (C=O) groups excluding carboxylic acids is 2. The van der Waals surface area contributed by atoms with Crippen molar-refractivity contribution < 1.29 is 14.3 Å². The fourth-order valence-corrected chi connectivity index (χ4v) is 2.08. The maximum Gasteiger partial charge on any atom is 0.319 e. The van der Waals surface area contributed by atoms with Crippen molar-refractivity contribution in [1.29, 1.82) is 0 Å². The Labute approximate surface area is 147 Å². The average Bonchev–Trinajstić information content (AvgIpc) is 2.60. The Bertz CT molecular complexity index is 702. The van der Waals surface area contributed by atoms with E-state index in [2.05, 4.69) is 10.6 Å². The molecule has 0 aromatic heterocycles. The van der Waals surface area contributed by atoms with Gasteiger partial charge in [-0.25, -0.2) is 4.79 Å². The third-order valence-corrected chi connectivity index (χ3v) is 3.50. The van der Waals surface area contributed by atoms with E-state index in [4.69, 9.17) is 4.74 Å². The molecule has 0 heterocycles. The number of benzene rings is 2. The van der Waals surface area contributed by atoms with E-state index in [0.717, 1.165) is 6.42 Å². The van der Waals surface area contributed by atoms with Crippen LogP contribution < -0.4 is 15.4 Å². The monoisotopic (exact) mass is 341 g/mol. The molecule has 0 spiro atoms. The summed E-state index contributed by atoms with van der Waals surface area (Å²) in [5.41, 5.74) is 1.77. The van der Waals surface area contributed by atoms with Gasteiger partial charge in [0.1, 0.15) is 5.75 Å². The fraction of sp³-hybridized carbons (Fsp3) is 0.263. The quantitative estimate of drug-likeness (QED) is 0.813. The number of nitrogens with one attached hydrogen (secondary N) is 2. The number of anilines is 1. The van der Waals surface area contributed by atoms with Crippen LogP contribution in [-0.2, 0) is 11.2 Å². The second-order valence-corrected chi connectivity index (χ2v) is 5.72. The highest BCUT2D eigenvalue weighted by molar-refractivity contribution is 5.89. The molecule has 0 aliphatic rings. The molecule has 6 nitrogen and oxygen atoms in total. The first-order valence-electron chi connectivity index (χ1n) is 8.06. The van der Waals surface area contributed by atoms with Crippen LogP contribution in [0.1, 0.15) is 5.56 Å². The number of rotatable bonds is 7. The standard InChI is InChI=1S/C19H23N3O3/c1-22(2)18(23)14-25-17-10-6-9-16(13-17)21-19(24)20-12-11-15-7-4-3-5-8-15/h3-10,13H,11-12,14H2,1-2H3,(H2,20,21,24). The van der Waals surface area contributed by atoms with Crippen LogP contribution >= 0.6 is 0 Å². The summed E-state index contributed by atoms with van der Waals surface area (Å²) in [5, 5.41) is 5.57.